The number of halogens is 2. The number of carbonyl (C=O) groups excluding carboxylic acids is 1. The van der Waals surface area contributed by atoms with Crippen LogP contribution in [-0.4, -0.2) is 40.7 Å². The van der Waals surface area contributed by atoms with Crippen molar-refractivity contribution in [2.45, 2.75) is 24.9 Å². The number of benzene rings is 2. The second kappa shape index (κ2) is 8.19. The number of aromatic nitrogens is 3. The molecule has 1 fully saturated rings. The molecule has 10 heteroatoms. The SMILES string of the molecule is COc1nc2cc(F)c(F)cc2nc1C1CC(NC(N)=O)CCN1c1c[nH]c2ccccc12. The first kappa shape index (κ1) is 20.9. The normalized spacial score (nSPS) is 18.6. The van der Waals surface area contributed by atoms with E-state index in [0.717, 1.165) is 28.7 Å². The lowest BCUT2D eigenvalue weighted by atomic mass is 9.93. The maximum Gasteiger partial charge on any atom is 0.312 e. The lowest BCUT2D eigenvalue weighted by Gasteiger charge is -2.40. The molecule has 3 heterocycles. The van der Waals surface area contributed by atoms with Crippen molar-refractivity contribution in [1.29, 1.82) is 0 Å². The van der Waals surface area contributed by atoms with E-state index in [0.29, 0.717) is 25.1 Å². The number of para-hydroxylation sites is 1. The molecule has 0 radical (unpaired) electrons. The van der Waals surface area contributed by atoms with Crippen molar-refractivity contribution >= 4 is 33.7 Å². The molecule has 2 aromatic heterocycles. The summed E-state index contributed by atoms with van der Waals surface area (Å²) >= 11 is 0. The number of rotatable bonds is 4. The summed E-state index contributed by atoms with van der Waals surface area (Å²) in [6, 6.07) is 8.79. The molecular weight excluding hydrogens is 430 g/mol. The smallest absolute Gasteiger partial charge is 0.312 e. The van der Waals surface area contributed by atoms with Crippen molar-refractivity contribution < 1.29 is 18.3 Å². The van der Waals surface area contributed by atoms with Gasteiger partial charge in [0, 0.05) is 41.8 Å². The minimum absolute atomic E-state index is 0.191. The molecule has 4 N–H and O–H groups in total. The average molecular weight is 452 g/mol. The number of fused-ring (bicyclic) bond motifs is 2. The largest absolute Gasteiger partial charge is 0.480 e. The lowest BCUT2D eigenvalue weighted by molar-refractivity contribution is 0.240. The molecule has 1 saturated heterocycles. The highest BCUT2D eigenvalue weighted by molar-refractivity contribution is 5.93. The Balaban J connectivity index is 1.65. The molecule has 8 nitrogen and oxygen atoms in total. The van der Waals surface area contributed by atoms with Crippen molar-refractivity contribution in [2.75, 3.05) is 18.6 Å². The van der Waals surface area contributed by atoms with Gasteiger partial charge < -0.3 is 25.7 Å². The Bertz CT molecular complexity index is 1360. The van der Waals surface area contributed by atoms with E-state index in [1.54, 1.807) is 0 Å². The zero-order valence-corrected chi connectivity index (χ0v) is 17.8. The maximum absolute atomic E-state index is 13.9. The van der Waals surface area contributed by atoms with Gasteiger partial charge >= 0.3 is 6.03 Å². The molecule has 1 aliphatic heterocycles. The second-order valence-electron chi connectivity index (χ2n) is 8.03. The van der Waals surface area contributed by atoms with Gasteiger partial charge in [0.2, 0.25) is 5.88 Å². The molecule has 2 aromatic carbocycles. The molecular formula is C23H22F2N6O2. The molecule has 2 atom stereocenters. The summed E-state index contributed by atoms with van der Waals surface area (Å²) in [4.78, 5) is 26.0. The van der Waals surface area contributed by atoms with Crippen LogP contribution < -0.4 is 20.7 Å². The summed E-state index contributed by atoms with van der Waals surface area (Å²) in [5, 5.41) is 3.81. The van der Waals surface area contributed by atoms with Crippen LogP contribution in [0.2, 0.25) is 0 Å². The van der Waals surface area contributed by atoms with Gasteiger partial charge in [-0.3, -0.25) is 0 Å². The van der Waals surface area contributed by atoms with Crippen LogP contribution in [0.4, 0.5) is 19.3 Å². The summed E-state index contributed by atoms with van der Waals surface area (Å²) in [7, 11) is 1.46. The number of nitrogens with one attached hydrogen (secondary N) is 2. The minimum atomic E-state index is -1.00. The number of hydrogen-bond donors (Lipinski definition) is 3. The van der Waals surface area contributed by atoms with Crippen molar-refractivity contribution in [2.24, 2.45) is 5.73 Å². The van der Waals surface area contributed by atoms with Crippen LogP contribution in [0.3, 0.4) is 0 Å². The van der Waals surface area contributed by atoms with Crippen LogP contribution in [0.1, 0.15) is 24.6 Å². The highest BCUT2D eigenvalue weighted by atomic mass is 19.2. The highest BCUT2D eigenvalue weighted by Crippen LogP contribution is 2.40. The lowest BCUT2D eigenvalue weighted by Crippen LogP contribution is -2.48. The zero-order chi connectivity index (χ0) is 23.1. The predicted octanol–water partition coefficient (Wildman–Crippen LogP) is 3.78. The first-order valence-corrected chi connectivity index (χ1v) is 10.5. The van der Waals surface area contributed by atoms with E-state index in [9.17, 15) is 13.6 Å². The van der Waals surface area contributed by atoms with Gasteiger partial charge in [0.05, 0.1) is 29.9 Å². The molecule has 0 spiro atoms. The molecule has 0 bridgehead atoms. The molecule has 0 aliphatic carbocycles. The fraction of sp³-hybridized carbons (Fsp3) is 0.261. The van der Waals surface area contributed by atoms with Crippen LogP contribution in [0.25, 0.3) is 21.9 Å². The van der Waals surface area contributed by atoms with Gasteiger partial charge in [0.15, 0.2) is 11.6 Å². The van der Waals surface area contributed by atoms with Crippen molar-refractivity contribution in [3.05, 3.63) is 59.9 Å². The Hall–Kier alpha value is -3.95. The minimum Gasteiger partial charge on any atom is -0.480 e. The number of anilines is 1. The third-order valence-corrected chi connectivity index (χ3v) is 6.03. The number of primary amides is 1. The topological polar surface area (TPSA) is 109 Å². The molecule has 1 aliphatic rings. The third-order valence-electron chi connectivity index (χ3n) is 6.03. The van der Waals surface area contributed by atoms with Gasteiger partial charge in [0.1, 0.15) is 5.69 Å². The number of hydrogen-bond acceptors (Lipinski definition) is 5. The van der Waals surface area contributed by atoms with Crippen molar-refractivity contribution in [1.82, 2.24) is 20.3 Å². The molecule has 0 saturated carbocycles. The number of piperidine rings is 1. The van der Waals surface area contributed by atoms with Gasteiger partial charge in [-0.1, -0.05) is 18.2 Å². The maximum atomic E-state index is 13.9. The Morgan fingerprint density at radius 1 is 1.21 bits per heavy atom. The van der Waals surface area contributed by atoms with E-state index >= 15 is 0 Å². The summed E-state index contributed by atoms with van der Waals surface area (Å²) in [5.74, 6) is -1.79. The van der Waals surface area contributed by atoms with Crippen LogP contribution in [0.5, 0.6) is 5.88 Å². The number of ether oxygens (including phenoxy) is 1. The molecule has 170 valence electrons. The number of nitrogens with zero attached hydrogens (tertiary/aromatic N) is 3. The van der Waals surface area contributed by atoms with Crippen LogP contribution in [0, 0.1) is 11.6 Å². The number of amides is 2. The Labute approximate surface area is 187 Å². The molecule has 5 rings (SSSR count). The Morgan fingerprint density at radius 3 is 2.67 bits per heavy atom. The average Bonchev–Trinajstić information content (AvgIpc) is 3.23. The number of carbonyl (C=O) groups is 1. The summed E-state index contributed by atoms with van der Waals surface area (Å²) in [6.07, 6.45) is 3.07. The first-order chi connectivity index (χ1) is 15.9. The number of methoxy groups -OCH3 is 1. The van der Waals surface area contributed by atoms with Gasteiger partial charge in [0.25, 0.3) is 0 Å². The van der Waals surface area contributed by atoms with E-state index in [4.69, 9.17) is 10.5 Å². The van der Waals surface area contributed by atoms with E-state index < -0.39 is 17.7 Å². The number of H-pyrrole nitrogens is 1. The zero-order valence-electron chi connectivity index (χ0n) is 17.8. The van der Waals surface area contributed by atoms with E-state index in [1.807, 2.05) is 30.5 Å². The van der Waals surface area contributed by atoms with Crippen LogP contribution in [0.15, 0.2) is 42.6 Å². The fourth-order valence-corrected chi connectivity index (χ4v) is 4.56. The van der Waals surface area contributed by atoms with Gasteiger partial charge in [-0.25, -0.2) is 23.5 Å². The first-order valence-electron chi connectivity index (χ1n) is 10.5. The predicted molar refractivity (Wildman–Crippen MR) is 120 cm³/mol. The summed E-state index contributed by atoms with van der Waals surface area (Å²) in [5.41, 5.74) is 8.19. The van der Waals surface area contributed by atoms with Crippen molar-refractivity contribution in [3.63, 3.8) is 0 Å². The summed E-state index contributed by atoms with van der Waals surface area (Å²) in [6.45, 7) is 0.595. The van der Waals surface area contributed by atoms with E-state index in [-0.39, 0.29) is 29.0 Å². The van der Waals surface area contributed by atoms with Gasteiger partial charge in [-0.05, 0) is 18.9 Å². The summed E-state index contributed by atoms with van der Waals surface area (Å²) < 4.78 is 33.2. The number of nitrogens with two attached hydrogens (primary N) is 1. The van der Waals surface area contributed by atoms with E-state index in [1.165, 1.54) is 7.11 Å². The van der Waals surface area contributed by atoms with Gasteiger partial charge in [-0.15, -0.1) is 0 Å². The molecule has 33 heavy (non-hydrogen) atoms. The van der Waals surface area contributed by atoms with E-state index in [2.05, 4.69) is 25.2 Å². The number of aromatic amines is 1. The van der Waals surface area contributed by atoms with Crippen LogP contribution >= 0.6 is 0 Å². The van der Waals surface area contributed by atoms with Crippen LogP contribution in [-0.2, 0) is 0 Å². The molecule has 2 unspecified atom stereocenters. The number of urea groups is 1. The standard InChI is InChI=1S/C23H22F2N6O2/c1-33-22-21(29-17-9-14(24)15(25)10-18(17)30-22)19-8-12(28-23(26)32)6-7-31(19)20-11-27-16-5-3-2-4-13(16)20/h2-5,9-12,19,27H,6-8H2,1H3,(H3,26,28,32). The Kier molecular flexibility index (Phi) is 5.20. The molecule has 4 aromatic rings. The Morgan fingerprint density at radius 2 is 1.94 bits per heavy atom. The van der Waals surface area contributed by atoms with Crippen molar-refractivity contribution in [3.8, 4) is 5.88 Å². The third kappa shape index (κ3) is 3.77. The quantitative estimate of drug-likeness (QED) is 0.437. The van der Waals surface area contributed by atoms with Gasteiger partial charge in [-0.2, -0.15) is 0 Å². The highest BCUT2D eigenvalue weighted by Gasteiger charge is 2.35. The fourth-order valence-electron chi connectivity index (χ4n) is 4.56. The second-order valence-corrected chi connectivity index (χ2v) is 8.03. The monoisotopic (exact) mass is 452 g/mol. The molecule has 2 amide bonds.